The van der Waals surface area contributed by atoms with Gasteiger partial charge in [0.05, 0.1) is 5.75 Å². The summed E-state index contributed by atoms with van der Waals surface area (Å²) in [5.41, 5.74) is 0.920. The van der Waals surface area contributed by atoms with Gasteiger partial charge in [0.1, 0.15) is 5.03 Å². The summed E-state index contributed by atoms with van der Waals surface area (Å²) in [6.45, 7) is 1.88. The van der Waals surface area contributed by atoms with E-state index in [1.165, 1.54) is 11.8 Å². The van der Waals surface area contributed by atoms with Gasteiger partial charge in [-0.25, -0.2) is 9.97 Å². The van der Waals surface area contributed by atoms with Crippen LogP contribution in [0.5, 0.6) is 0 Å². The van der Waals surface area contributed by atoms with Gasteiger partial charge in [0, 0.05) is 13.2 Å². The quantitative estimate of drug-likeness (QED) is 0.484. The predicted octanol–water partition coefficient (Wildman–Crippen LogP) is 1.28. The Morgan fingerprint density at radius 1 is 1.71 bits per heavy atom. The fourth-order valence-electron chi connectivity index (χ4n) is 0.758. The number of carbonyl (C=O) groups is 1. The highest BCUT2D eigenvalue weighted by atomic mass is 35.5. The molecule has 0 aliphatic heterocycles. The molecule has 76 valence electrons. The van der Waals surface area contributed by atoms with Crippen molar-refractivity contribution < 1.29 is 4.79 Å². The number of hydrogen-bond acceptors (Lipinski definition) is 4. The Kier molecular flexibility index (Phi) is 4.16. The first kappa shape index (κ1) is 11.3. The molecule has 1 aromatic heterocycles. The highest BCUT2D eigenvalue weighted by Gasteiger charge is 2.05. The van der Waals surface area contributed by atoms with E-state index in [4.69, 9.17) is 11.6 Å². The number of aromatic nitrogens is 2. The number of aryl methyl sites for hydroxylation is 1. The van der Waals surface area contributed by atoms with Gasteiger partial charge in [-0.3, -0.25) is 4.79 Å². The zero-order valence-corrected chi connectivity index (χ0v) is 9.45. The third-order valence-electron chi connectivity index (χ3n) is 1.51. The largest absolute Gasteiger partial charge is 0.358 e. The number of thioether (sulfide) groups is 1. The van der Waals surface area contributed by atoms with Gasteiger partial charge in [-0.05, 0) is 24.1 Å². The van der Waals surface area contributed by atoms with E-state index >= 15 is 0 Å². The van der Waals surface area contributed by atoms with Gasteiger partial charge >= 0.3 is 0 Å². The number of rotatable bonds is 3. The topological polar surface area (TPSA) is 54.9 Å². The summed E-state index contributed by atoms with van der Waals surface area (Å²) in [7, 11) is 1.60. The maximum atomic E-state index is 11.0. The summed E-state index contributed by atoms with van der Waals surface area (Å²) in [4.78, 5) is 18.8. The van der Waals surface area contributed by atoms with Crippen molar-refractivity contribution in [3.63, 3.8) is 0 Å². The molecular weight excluding hydrogens is 222 g/mol. The molecule has 0 bridgehead atoms. The molecule has 0 spiro atoms. The van der Waals surface area contributed by atoms with Crippen molar-refractivity contribution in [3.8, 4) is 0 Å². The summed E-state index contributed by atoms with van der Waals surface area (Å²) in [6, 6.07) is 0. The van der Waals surface area contributed by atoms with Crippen LogP contribution < -0.4 is 5.32 Å². The van der Waals surface area contributed by atoms with E-state index < -0.39 is 0 Å². The van der Waals surface area contributed by atoms with Crippen molar-refractivity contribution in [2.24, 2.45) is 0 Å². The van der Waals surface area contributed by atoms with Crippen LogP contribution in [-0.2, 0) is 4.79 Å². The summed E-state index contributed by atoms with van der Waals surface area (Å²) >= 11 is 6.98. The first-order valence-electron chi connectivity index (χ1n) is 3.96. The molecule has 4 nitrogen and oxygen atoms in total. The van der Waals surface area contributed by atoms with Crippen LogP contribution in [-0.4, -0.2) is 28.7 Å². The van der Waals surface area contributed by atoms with Crippen molar-refractivity contribution in [1.29, 1.82) is 0 Å². The third-order valence-corrected chi connectivity index (χ3v) is 2.79. The molecule has 0 aliphatic rings. The molecule has 1 heterocycles. The predicted molar refractivity (Wildman–Crippen MR) is 56.6 cm³/mol. The van der Waals surface area contributed by atoms with Crippen LogP contribution in [0.25, 0.3) is 0 Å². The van der Waals surface area contributed by atoms with Crippen LogP contribution in [0.2, 0.25) is 5.28 Å². The molecule has 0 aliphatic carbocycles. The lowest BCUT2D eigenvalue weighted by atomic mass is 10.4. The normalized spacial score (nSPS) is 9.93. The van der Waals surface area contributed by atoms with Gasteiger partial charge < -0.3 is 5.32 Å². The molecular formula is C8H10ClN3OS. The van der Waals surface area contributed by atoms with Crippen LogP contribution in [0.3, 0.4) is 0 Å². The van der Waals surface area contributed by atoms with Crippen molar-refractivity contribution in [1.82, 2.24) is 15.3 Å². The Balaban J connectivity index is 2.66. The lowest BCUT2D eigenvalue weighted by molar-refractivity contribution is -0.118. The van der Waals surface area contributed by atoms with E-state index in [2.05, 4.69) is 15.3 Å². The minimum atomic E-state index is -0.0378. The molecule has 1 aromatic rings. The highest BCUT2D eigenvalue weighted by Crippen LogP contribution is 2.19. The number of nitrogens with zero attached hydrogens (tertiary/aromatic N) is 2. The Hall–Kier alpha value is -0.810. The second-order valence-electron chi connectivity index (χ2n) is 2.59. The van der Waals surface area contributed by atoms with Crippen molar-refractivity contribution >= 4 is 29.3 Å². The first-order valence-corrected chi connectivity index (χ1v) is 5.32. The summed E-state index contributed by atoms with van der Waals surface area (Å²) < 4.78 is 0. The molecule has 0 fully saturated rings. The molecule has 14 heavy (non-hydrogen) atoms. The molecule has 1 rings (SSSR count). The van der Waals surface area contributed by atoms with Crippen LogP contribution >= 0.6 is 23.4 Å². The SMILES string of the molecule is CNC(=O)CSc1nc(Cl)ncc1C. The first-order chi connectivity index (χ1) is 6.63. The Labute approximate surface area is 91.5 Å². The highest BCUT2D eigenvalue weighted by molar-refractivity contribution is 7.99. The minimum Gasteiger partial charge on any atom is -0.358 e. The molecule has 0 unspecified atom stereocenters. The van der Waals surface area contributed by atoms with Crippen molar-refractivity contribution in [2.45, 2.75) is 11.9 Å². The summed E-state index contributed by atoms with van der Waals surface area (Å²) in [5.74, 6) is 0.300. The third kappa shape index (κ3) is 3.16. The standard InChI is InChI=1S/C8H10ClN3OS/c1-5-3-11-8(9)12-7(5)14-4-6(13)10-2/h3H,4H2,1-2H3,(H,10,13). The lowest BCUT2D eigenvalue weighted by Gasteiger charge is -2.03. The molecule has 0 saturated heterocycles. The molecule has 0 aromatic carbocycles. The van der Waals surface area contributed by atoms with Crippen LogP contribution in [0.15, 0.2) is 11.2 Å². The van der Waals surface area contributed by atoms with E-state index in [1.54, 1.807) is 13.2 Å². The smallest absolute Gasteiger partial charge is 0.230 e. The number of amides is 1. The zero-order chi connectivity index (χ0) is 10.6. The van der Waals surface area contributed by atoms with Crippen molar-refractivity contribution in [2.75, 3.05) is 12.8 Å². The van der Waals surface area contributed by atoms with Crippen LogP contribution in [0.4, 0.5) is 0 Å². The van der Waals surface area contributed by atoms with E-state index in [9.17, 15) is 4.79 Å². The average Bonchev–Trinajstić information content (AvgIpc) is 2.19. The van der Waals surface area contributed by atoms with Gasteiger partial charge in [-0.2, -0.15) is 0 Å². The van der Waals surface area contributed by atoms with Crippen molar-refractivity contribution in [3.05, 3.63) is 17.0 Å². The number of halogens is 1. The maximum Gasteiger partial charge on any atom is 0.230 e. The Morgan fingerprint density at radius 3 is 3.07 bits per heavy atom. The maximum absolute atomic E-state index is 11.0. The Bertz CT molecular complexity index is 345. The van der Waals surface area contributed by atoms with Gasteiger partial charge in [0.2, 0.25) is 11.2 Å². The minimum absolute atomic E-state index is 0.0378. The molecule has 0 saturated carbocycles. The van der Waals surface area contributed by atoms with E-state index in [0.717, 1.165) is 10.6 Å². The van der Waals surface area contributed by atoms with Crippen LogP contribution in [0, 0.1) is 6.92 Å². The summed E-state index contributed by atoms with van der Waals surface area (Å²) in [5, 5.41) is 3.48. The van der Waals surface area contributed by atoms with Gasteiger partial charge in [-0.1, -0.05) is 11.8 Å². The van der Waals surface area contributed by atoms with E-state index in [0.29, 0.717) is 5.75 Å². The van der Waals surface area contributed by atoms with Crippen LogP contribution in [0.1, 0.15) is 5.56 Å². The fourth-order valence-corrected chi connectivity index (χ4v) is 1.79. The zero-order valence-electron chi connectivity index (χ0n) is 7.87. The van der Waals surface area contributed by atoms with E-state index in [-0.39, 0.29) is 11.2 Å². The summed E-state index contributed by atoms with van der Waals surface area (Å²) in [6.07, 6.45) is 1.64. The molecule has 1 amide bonds. The van der Waals surface area contributed by atoms with Gasteiger partial charge in [0.15, 0.2) is 0 Å². The molecule has 6 heteroatoms. The number of nitrogens with one attached hydrogen (secondary N) is 1. The van der Waals surface area contributed by atoms with Gasteiger partial charge in [-0.15, -0.1) is 0 Å². The fraction of sp³-hybridized carbons (Fsp3) is 0.375. The molecule has 1 N–H and O–H groups in total. The lowest BCUT2D eigenvalue weighted by Crippen LogP contribution is -2.19. The number of carbonyl (C=O) groups excluding carboxylic acids is 1. The molecule has 0 atom stereocenters. The Morgan fingerprint density at radius 2 is 2.43 bits per heavy atom. The second kappa shape index (κ2) is 5.17. The number of hydrogen-bond donors (Lipinski definition) is 1. The average molecular weight is 232 g/mol. The monoisotopic (exact) mass is 231 g/mol. The second-order valence-corrected chi connectivity index (χ2v) is 3.89. The van der Waals surface area contributed by atoms with Gasteiger partial charge in [0.25, 0.3) is 0 Å². The molecule has 0 radical (unpaired) electrons. The van der Waals surface area contributed by atoms with E-state index in [1.807, 2.05) is 6.92 Å².